The van der Waals surface area contributed by atoms with Crippen LogP contribution in [0.15, 0.2) is 90.8 Å². The highest BCUT2D eigenvalue weighted by Crippen LogP contribution is 2.52. The van der Waals surface area contributed by atoms with Crippen molar-refractivity contribution in [2.75, 3.05) is 24.5 Å². The molecule has 12 heteroatoms. The van der Waals surface area contributed by atoms with Gasteiger partial charge in [0.15, 0.2) is 0 Å². The normalized spacial score (nSPS) is 24.8. The van der Waals surface area contributed by atoms with Gasteiger partial charge in [0.05, 0.1) is 29.8 Å². The standard InChI is InChI=1S/C34H34F3N5O3S/c35-34(36,37)23-8-4-6-21(14-23)33(45)41-19-30(44)42(24-9-2-1-3-10-24)27-17-39-16-26(27)25-11-12-28(43)32(29-18-40-20-46-29)31(25)22-7-5-13-38-15-22/h1-10,13-15,18,20,25-28,31-32,39,43H,11-12,16-17,19H2,(H,41,45)/t25?,26?,27-,28?,31?,32?/m0/s1. The minimum absolute atomic E-state index is 0.0172. The second-order valence-electron chi connectivity index (χ2n) is 11.8. The summed E-state index contributed by atoms with van der Waals surface area (Å²) < 4.78 is 39.7. The maximum Gasteiger partial charge on any atom is 0.416 e. The molecule has 240 valence electrons. The maximum atomic E-state index is 14.0. The van der Waals surface area contributed by atoms with Crippen molar-refractivity contribution in [3.05, 3.63) is 112 Å². The monoisotopic (exact) mass is 649 g/mol. The number of aromatic nitrogens is 2. The van der Waals surface area contributed by atoms with E-state index in [9.17, 15) is 27.9 Å². The fourth-order valence-corrected chi connectivity index (χ4v) is 8.01. The molecule has 0 radical (unpaired) electrons. The summed E-state index contributed by atoms with van der Waals surface area (Å²) in [6.45, 7) is 0.758. The molecule has 1 aliphatic carbocycles. The van der Waals surface area contributed by atoms with Crippen LogP contribution in [0.5, 0.6) is 0 Å². The van der Waals surface area contributed by atoms with E-state index in [1.807, 2.05) is 54.9 Å². The highest BCUT2D eigenvalue weighted by Gasteiger charge is 2.49. The van der Waals surface area contributed by atoms with Crippen LogP contribution >= 0.6 is 11.3 Å². The van der Waals surface area contributed by atoms with Gasteiger partial charge < -0.3 is 20.6 Å². The van der Waals surface area contributed by atoms with Gasteiger partial charge in [-0.1, -0.05) is 30.3 Å². The van der Waals surface area contributed by atoms with Crippen molar-refractivity contribution in [2.24, 2.45) is 11.8 Å². The van der Waals surface area contributed by atoms with E-state index in [0.717, 1.165) is 29.0 Å². The topological polar surface area (TPSA) is 107 Å². The summed E-state index contributed by atoms with van der Waals surface area (Å²) in [4.78, 5) is 38.3. The number of aliphatic hydroxyl groups is 1. The molecule has 3 N–H and O–H groups in total. The van der Waals surface area contributed by atoms with E-state index in [0.29, 0.717) is 25.2 Å². The summed E-state index contributed by atoms with van der Waals surface area (Å²) in [5.41, 5.74) is 2.33. The minimum atomic E-state index is -4.59. The molecule has 2 aliphatic rings. The second kappa shape index (κ2) is 13.7. The lowest BCUT2D eigenvalue weighted by molar-refractivity contribution is -0.137. The van der Waals surface area contributed by atoms with Gasteiger partial charge in [0.25, 0.3) is 5.91 Å². The van der Waals surface area contributed by atoms with Gasteiger partial charge in [-0.3, -0.25) is 19.6 Å². The largest absolute Gasteiger partial charge is 0.416 e. The molecule has 1 saturated carbocycles. The highest BCUT2D eigenvalue weighted by molar-refractivity contribution is 7.09. The molecule has 6 rings (SSSR count). The summed E-state index contributed by atoms with van der Waals surface area (Å²) >= 11 is 1.52. The Labute approximate surface area is 268 Å². The number of amides is 2. The third-order valence-corrected chi connectivity index (χ3v) is 10.0. The first-order valence-corrected chi connectivity index (χ1v) is 16.1. The summed E-state index contributed by atoms with van der Waals surface area (Å²) in [6.07, 6.45) is 1.58. The van der Waals surface area contributed by atoms with Gasteiger partial charge in [-0.2, -0.15) is 13.2 Å². The Morgan fingerprint density at radius 1 is 0.957 bits per heavy atom. The quantitative estimate of drug-likeness (QED) is 0.241. The second-order valence-corrected chi connectivity index (χ2v) is 12.7. The Kier molecular flexibility index (Phi) is 9.48. The zero-order valence-corrected chi connectivity index (χ0v) is 25.6. The Bertz CT molecular complexity index is 1620. The number of carbonyl (C=O) groups is 2. The molecule has 6 atom stereocenters. The average molecular weight is 650 g/mol. The van der Waals surface area contributed by atoms with Crippen LogP contribution in [-0.4, -0.2) is 58.7 Å². The lowest BCUT2D eigenvalue weighted by atomic mass is 9.62. The number of aliphatic hydroxyl groups excluding tert-OH is 1. The number of para-hydroxylation sites is 1. The number of thiazole rings is 1. The van der Waals surface area contributed by atoms with Crippen molar-refractivity contribution in [1.82, 2.24) is 20.6 Å². The fraction of sp³-hybridized carbons (Fsp3) is 0.353. The van der Waals surface area contributed by atoms with E-state index in [1.165, 1.54) is 23.5 Å². The van der Waals surface area contributed by atoms with Crippen molar-refractivity contribution >= 4 is 28.8 Å². The Balaban J connectivity index is 1.29. The third kappa shape index (κ3) is 6.69. The number of rotatable bonds is 8. The number of carbonyl (C=O) groups excluding carboxylic acids is 2. The zero-order valence-electron chi connectivity index (χ0n) is 24.8. The molecule has 46 heavy (non-hydrogen) atoms. The predicted molar refractivity (Wildman–Crippen MR) is 168 cm³/mol. The van der Waals surface area contributed by atoms with Gasteiger partial charge >= 0.3 is 6.18 Å². The zero-order chi connectivity index (χ0) is 32.3. The Morgan fingerprint density at radius 3 is 2.50 bits per heavy atom. The molecule has 2 amide bonds. The van der Waals surface area contributed by atoms with Crippen LogP contribution in [0.25, 0.3) is 0 Å². The highest BCUT2D eigenvalue weighted by atomic mass is 32.1. The third-order valence-electron chi connectivity index (χ3n) is 9.17. The van der Waals surface area contributed by atoms with E-state index in [1.54, 1.807) is 16.6 Å². The number of pyridine rings is 1. The van der Waals surface area contributed by atoms with E-state index in [2.05, 4.69) is 20.6 Å². The maximum absolute atomic E-state index is 14.0. The van der Waals surface area contributed by atoms with Crippen LogP contribution in [0.3, 0.4) is 0 Å². The summed E-state index contributed by atoms with van der Waals surface area (Å²) in [5, 5.41) is 17.4. The molecule has 0 bridgehead atoms. The van der Waals surface area contributed by atoms with Crippen molar-refractivity contribution in [3.63, 3.8) is 0 Å². The number of nitrogens with one attached hydrogen (secondary N) is 2. The van der Waals surface area contributed by atoms with Crippen LogP contribution in [0.1, 0.15) is 51.0 Å². The number of nitrogens with zero attached hydrogens (tertiary/aromatic N) is 3. The Hall–Kier alpha value is -4.13. The predicted octanol–water partition coefficient (Wildman–Crippen LogP) is 5.25. The summed E-state index contributed by atoms with van der Waals surface area (Å²) in [6, 6.07) is 17.0. The van der Waals surface area contributed by atoms with Gasteiger partial charge in [0.2, 0.25) is 5.91 Å². The number of halogens is 3. The van der Waals surface area contributed by atoms with Crippen molar-refractivity contribution in [1.29, 1.82) is 0 Å². The van der Waals surface area contributed by atoms with Crippen LogP contribution in [0, 0.1) is 11.8 Å². The molecule has 2 aromatic heterocycles. The van der Waals surface area contributed by atoms with Gasteiger partial charge in [-0.15, -0.1) is 11.3 Å². The van der Waals surface area contributed by atoms with Crippen LogP contribution in [0.4, 0.5) is 18.9 Å². The number of alkyl halides is 3. The van der Waals surface area contributed by atoms with Crippen molar-refractivity contribution in [3.8, 4) is 0 Å². The Morgan fingerprint density at radius 2 is 1.78 bits per heavy atom. The first kappa shape index (κ1) is 31.8. The molecule has 3 heterocycles. The molecule has 4 aromatic rings. The first-order valence-electron chi connectivity index (χ1n) is 15.2. The number of hydrogen-bond donors (Lipinski definition) is 3. The molecule has 5 unspecified atom stereocenters. The van der Waals surface area contributed by atoms with Crippen LogP contribution in [-0.2, 0) is 11.0 Å². The lowest BCUT2D eigenvalue weighted by Crippen LogP contribution is -2.52. The fourth-order valence-electron chi connectivity index (χ4n) is 7.19. The van der Waals surface area contributed by atoms with E-state index < -0.39 is 30.3 Å². The number of hydrogen-bond acceptors (Lipinski definition) is 7. The molecule has 1 aliphatic heterocycles. The van der Waals surface area contributed by atoms with Crippen LogP contribution < -0.4 is 15.5 Å². The smallest absolute Gasteiger partial charge is 0.392 e. The number of anilines is 1. The average Bonchev–Trinajstić information content (AvgIpc) is 3.77. The molecular formula is C34H34F3N5O3S. The van der Waals surface area contributed by atoms with Gasteiger partial charge in [0, 0.05) is 53.7 Å². The van der Waals surface area contributed by atoms with Gasteiger partial charge in [-0.25, -0.2) is 0 Å². The van der Waals surface area contributed by atoms with E-state index >= 15 is 0 Å². The van der Waals surface area contributed by atoms with Crippen LogP contribution in [0.2, 0.25) is 0 Å². The van der Waals surface area contributed by atoms with E-state index in [-0.39, 0.29) is 41.2 Å². The van der Waals surface area contributed by atoms with E-state index in [4.69, 9.17) is 0 Å². The van der Waals surface area contributed by atoms with Crippen molar-refractivity contribution in [2.45, 2.75) is 43.0 Å². The molecule has 0 spiro atoms. The summed E-state index contributed by atoms with van der Waals surface area (Å²) in [5.74, 6) is -1.37. The molecule has 2 fully saturated rings. The van der Waals surface area contributed by atoms with Gasteiger partial charge in [0.1, 0.15) is 0 Å². The summed E-state index contributed by atoms with van der Waals surface area (Å²) in [7, 11) is 0. The molecule has 1 saturated heterocycles. The number of benzene rings is 2. The molecule has 8 nitrogen and oxygen atoms in total. The lowest BCUT2D eigenvalue weighted by Gasteiger charge is -2.46. The van der Waals surface area contributed by atoms with Gasteiger partial charge in [-0.05, 0) is 72.6 Å². The molecular weight excluding hydrogens is 615 g/mol. The minimum Gasteiger partial charge on any atom is -0.392 e. The van der Waals surface area contributed by atoms with Crippen molar-refractivity contribution < 1.29 is 27.9 Å². The first-order chi connectivity index (χ1) is 22.2. The SMILES string of the molecule is O=C(NCC(=O)N(c1ccccc1)[C@H]1CNCC1C1CCC(O)C(c2cncs2)C1c1cccnc1)c1cccc(C(F)(F)F)c1. The molecule has 2 aromatic carbocycles.